The number of carbonyl (C=O) groups is 3. The number of nitrogens with one attached hydrogen (secondary N) is 4. The fraction of sp³-hybridized carbons (Fsp3) is 0.400. The first-order valence-corrected chi connectivity index (χ1v) is 12.4. The number of hydrogen-bond donors (Lipinski definition) is 5. The number of β-amino-alcohol motifs (C(OH)–C–C–N with tert-alkyl or cyclic N) is 1. The summed E-state index contributed by atoms with van der Waals surface area (Å²) in [5.74, 6) is -0.710. The Labute approximate surface area is 222 Å². The molecule has 1 aromatic carbocycles. The van der Waals surface area contributed by atoms with Crippen LogP contribution in [0.25, 0.3) is 0 Å². The molecule has 1 aliphatic heterocycles. The molecule has 0 saturated heterocycles. The lowest BCUT2D eigenvalue weighted by molar-refractivity contribution is -0.121. The van der Waals surface area contributed by atoms with E-state index in [0.717, 1.165) is 0 Å². The lowest BCUT2D eigenvalue weighted by Gasteiger charge is -2.21. The van der Waals surface area contributed by atoms with Gasteiger partial charge in [-0.15, -0.1) is 0 Å². The highest BCUT2D eigenvalue weighted by molar-refractivity contribution is 6.30. The van der Waals surface area contributed by atoms with Gasteiger partial charge in [0.25, 0.3) is 5.91 Å². The first kappa shape index (κ1) is 27.4. The number of alkyl halides is 2. The number of rotatable bonds is 10. The van der Waals surface area contributed by atoms with Crippen molar-refractivity contribution in [1.29, 1.82) is 0 Å². The largest absolute Gasteiger partial charge is 0.389 e. The number of anilines is 1. The summed E-state index contributed by atoms with van der Waals surface area (Å²) >= 11 is 6.18. The number of nitrogens with zero attached hydrogens (tertiary/aromatic N) is 2. The monoisotopic (exact) mass is 548 g/mol. The van der Waals surface area contributed by atoms with E-state index in [2.05, 4.69) is 31.2 Å². The van der Waals surface area contributed by atoms with Crippen molar-refractivity contribution in [3.05, 3.63) is 58.4 Å². The minimum Gasteiger partial charge on any atom is -0.389 e. The van der Waals surface area contributed by atoms with Crippen LogP contribution < -0.4 is 21.3 Å². The summed E-state index contributed by atoms with van der Waals surface area (Å²) in [4.78, 5) is 44.7. The molecule has 1 fully saturated rings. The number of amides is 2. The Balaban J connectivity index is 1.37. The van der Waals surface area contributed by atoms with Gasteiger partial charge in [-0.05, 0) is 42.2 Å². The molecule has 13 heteroatoms. The number of aromatic nitrogens is 1. The van der Waals surface area contributed by atoms with E-state index in [0.29, 0.717) is 48.4 Å². The summed E-state index contributed by atoms with van der Waals surface area (Å²) in [6, 6.07) is 5.28. The molecule has 10 nitrogen and oxygen atoms in total. The molecule has 2 aromatic rings. The summed E-state index contributed by atoms with van der Waals surface area (Å²) in [5.41, 5.74) is 0.220. The predicted octanol–water partition coefficient (Wildman–Crippen LogP) is 1.94. The van der Waals surface area contributed by atoms with Gasteiger partial charge in [-0.2, -0.15) is 0 Å². The molecule has 0 radical (unpaired) electrons. The van der Waals surface area contributed by atoms with Crippen LogP contribution in [0.1, 0.15) is 46.8 Å². The Morgan fingerprint density at radius 2 is 2.03 bits per heavy atom. The maximum absolute atomic E-state index is 13.6. The molecule has 2 atom stereocenters. The van der Waals surface area contributed by atoms with Crippen molar-refractivity contribution in [2.45, 2.75) is 43.2 Å². The van der Waals surface area contributed by atoms with Crippen molar-refractivity contribution in [2.75, 3.05) is 25.0 Å². The topological polar surface area (TPSA) is 145 Å². The van der Waals surface area contributed by atoms with Crippen LogP contribution in [0.4, 0.5) is 14.5 Å². The smallest absolute Gasteiger partial charge is 0.253 e. The van der Waals surface area contributed by atoms with Gasteiger partial charge in [0.1, 0.15) is 6.29 Å². The van der Waals surface area contributed by atoms with Crippen LogP contribution in [0.5, 0.6) is 0 Å². The van der Waals surface area contributed by atoms with Gasteiger partial charge in [0.2, 0.25) is 12.3 Å². The SMILES string of the molecule is O=CC[C@H](NC(=O)CNC(=O)c1cncc(NC2=NCC(O)CN2)c1)c1cc(Cl)cc(C2(C(F)F)CC2)c1. The average Bonchev–Trinajstić information content (AvgIpc) is 3.71. The van der Waals surface area contributed by atoms with Gasteiger partial charge < -0.3 is 31.2 Å². The molecule has 5 N–H and O–H groups in total. The molecule has 2 heterocycles. The number of carbonyl (C=O) groups excluding carboxylic acids is 3. The molecule has 1 unspecified atom stereocenters. The van der Waals surface area contributed by atoms with Crippen LogP contribution in [-0.4, -0.2) is 66.3 Å². The second kappa shape index (κ2) is 11.8. The number of aldehydes is 1. The van der Waals surface area contributed by atoms with E-state index in [1.165, 1.54) is 30.6 Å². The van der Waals surface area contributed by atoms with E-state index in [1.54, 1.807) is 6.07 Å². The van der Waals surface area contributed by atoms with Crippen LogP contribution in [0.3, 0.4) is 0 Å². The zero-order valence-corrected chi connectivity index (χ0v) is 21.0. The highest BCUT2D eigenvalue weighted by Gasteiger charge is 2.52. The summed E-state index contributed by atoms with van der Waals surface area (Å²) in [6.07, 6.45) is 0.877. The van der Waals surface area contributed by atoms with Crippen LogP contribution in [0.15, 0.2) is 41.7 Å². The van der Waals surface area contributed by atoms with Crippen molar-refractivity contribution in [3.63, 3.8) is 0 Å². The van der Waals surface area contributed by atoms with Crippen molar-refractivity contribution in [2.24, 2.45) is 4.99 Å². The Morgan fingerprint density at radius 1 is 1.24 bits per heavy atom. The zero-order valence-electron chi connectivity index (χ0n) is 20.2. The fourth-order valence-corrected chi connectivity index (χ4v) is 4.38. The predicted molar refractivity (Wildman–Crippen MR) is 136 cm³/mol. The number of aliphatic imine (C=N–C) groups is 1. The van der Waals surface area contributed by atoms with E-state index in [4.69, 9.17) is 11.6 Å². The van der Waals surface area contributed by atoms with E-state index in [1.807, 2.05) is 0 Å². The summed E-state index contributed by atoms with van der Waals surface area (Å²) in [6.45, 7) is 0.183. The molecule has 1 aliphatic carbocycles. The maximum atomic E-state index is 13.6. The van der Waals surface area contributed by atoms with Gasteiger partial charge in [0.15, 0.2) is 5.96 Å². The normalized spacial score (nSPS) is 18.6. The lowest BCUT2D eigenvalue weighted by Crippen LogP contribution is -2.42. The van der Waals surface area contributed by atoms with Crippen LogP contribution in [0, 0.1) is 0 Å². The fourth-order valence-electron chi connectivity index (χ4n) is 4.14. The third-order valence-electron chi connectivity index (χ3n) is 6.41. The minimum atomic E-state index is -2.55. The first-order valence-electron chi connectivity index (χ1n) is 12.0. The van der Waals surface area contributed by atoms with Gasteiger partial charge in [-0.1, -0.05) is 17.7 Å². The second-order valence-corrected chi connectivity index (χ2v) is 9.68. The standard InChI is InChI=1S/C25H27ClF2N6O4/c26-17-6-14(5-16(8-17)25(2-3-25)23(27)28)20(1-4-35)34-21(37)13-30-22(38)15-7-18(10-29-9-15)33-24-31-11-19(36)12-32-24/h4-10,19-20,23,36H,1-3,11-13H2,(H,30,38)(H,34,37)(H2,31,32,33)/t20-/m0/s1. The van der Waals surface area contributed by atoms with Gasteiger partial charge in [-0.3, -0.25) is 19.6 Å². The van der Waals surface area contributed by atoms with Gasteiger partial charge >= 0.3 is 0 Å². The molecular formula is C25H27ClF2N6O4. The van der Waals surface area contributed by atoms with Crippen LogP contribution >= 0.6 is 11.6 Å². The van der Waals surface area contributed by atoms with Crippen molar-refractivity contribution in [3.8, 4) is 0 Å². The number of halogens is 3. The summed E-state index contributed by atoms with van der Waals surface area (Å²) < 4.78 is 27.2. The number of hydrogen-bond acceptors (Lipinski definition) is 8. The number of pyridine rings is 1. The summed E-state index contributed by atoms with van der Waals surface area (Å²) in [5, 5.41) is 20.8. The number of aliphatic hydroxyl groups is 1. The van der Waals surface area contributed by atoms with Gasteiger partial charge in [0, 0.05) is 24.2 Å². The molecule has 0 bridgehead atoms. The number of benzene rings is 1. The Hall–Kier alpha value is -3.64. The zero-order chi connectivity index (χ0) is 27.3. The molecule has 1 aromatic heterocycles. The highest BCUT2D eigenvalue weighted by Crippen LogP contribution is 2.53. The summed E-state index contributed by atoms with van der Waals surface area (Å²) in [7, 11) is 0. The Bertz CT molecular complexity index is 1240. The van der Waals surface area contributed by atoms with Crippen LogP contribution in [-0.2, 0) is 15.0 Å². The quantitative estimate of drug-likeness (QED) is 0.285. The molecule has 202 valence electrons. The number of guanidine groups is 1. The molecule has 2 amide bonds. The first-order chi connectivity index (χ1) is 18.2. The van der Waals surface area contributed by atoms with Crippen molar-refractivity contribution < 1.29 is 28.3 Å². The molecule has 4 rings (SSSR count). The average molecular weight is 549 g/mol. The lowest BCUT2D eigenvalue weighted by atomic mass is 9.92. The molecule has 2 aliphatic rings. The number of aliphatic hydroxyl groups excluding tert-OH is 1. The molecule has 38 heavy (non-hydrogen) atoms. The molecule has 0 spiro atoms. The van der Waals surface area contributed by atoms with Crippen molar-refractivity contribution >= 4 is 41.3 Å². The maximum Gasteiger partial charge on any atom is 0.253 e. The third-order valence-corrected chi connectivity index (χ3v) is 6.63. The van der Waals surface area contributed by atoms with E-state index in [9.17, 15) is 28.3 Å². The Kier molecular flexibility index (Phi) is 8.52. The highest BCUT2D eigenvalue weighted by atomic mass is 35.5. The minimum absolute atomic E-state index is 0.103. The molecular weight excluding hydrogens is 522 g/mol. The third kappa shape index (κ3) is 6.62. The Morgan fingerprint density at radius 3 is 2.68 bits per heavy atom. The van der Waals surface area contributed by atoms with E-state index < -0.39 is 42.3 Å². The van der Waals surface area contributed by atoms with Gasteiger partial charge in [-0.25, -0.2) is 8.78 Å². The van der Waals surface area contributed by atoms with Crippen LogP contribution in [0.2, 0.25) is 5.02 Å². The second-order valence-electron chi connectivity index (χ2n) is 9.25. The molecule has 1 saturated carbocycles. The van der Waals surface area contributed by atoms with Crippen molar-refractivity contribution in [1.82, 2.24) is 20.9 Å². The van der Waals surface area contributed by atoms with E-state index in [-0.39, 0.29) is 23.6 Å². The van der Waals surface area contributed by atoms with E-state index >= 15 is 0 Å². The van der Waals surface area contributed by atoms with Gasteiger partial charge in [0.05, 0.1) is 48.1 Å².